The van der Waals surface area contributed by atoms with Crippen LogP contribution < -0.4 is 0 Å². The van der Waals surface area contributed by atoms with E-state index in [-0.39, 0.29) is 18.0 Å². The maximum Gasteiger partial charge on any atom is 0.316 e. The van der Waals surface area contributed by atoms with Gasteiger partial charge in [0.1, 0.15) is 24.2 Å². The number of ether oxygens (including phenoxy) is 3. The summed E-state index contributed by atoms with van der Waals surface area (Å²) in [6.07, 6.45) is 2.41. The fourth-order valence-electron chi connectivity index (χ4n) is 4.96. The molecule has 6 nitrogen and oxygen atoms in total. The Labute approximate surface area is 174 Å². The SMILES string of the molecule is CCN(CC)CCOC[C@@H](C(=O)OC1C[C@@H]2[C@H]3O[C@H]3[C@H](C1)N2C)c1ccccc1. The number of nitrogens with zero attached hydrogens (tertiary/aromatic N) is 2. The number of carbonyl (C=O) groups is 1. The smallest absolute Gasteiger partial charge is 0.316 e. The molecule has 0 amide bonds. The summed E-state index contributed by atoms with van der Waals surface area (Å²) < 4.78 is 17.7. The van der Waals surface area contributed by atoms with Crippen LogP contribution in [0.5, 0.6) is 0 Å². The highest BCUT2D eigenvalue weighted by atomic mass is 16.6. The summed E-state index contributed by atoms with van der Waals surface area (Å²) in [4.78, 5) is 17.8. The maximum absolute atomic E-state index is 13.1. The second-order valence-electron chi connectivity index (χ2n) is 8.46. The Morgan fingerprint density at radius 3 is 2.45 bits per heavy atom. The lowest BCUT2D eigenvalue weighted by Gasteiger charge is -2.38. The van der Waals surface area contributed by atoms with Gasteiger partial charge in [-0.1, -0.05) is 44.2 Å². The van der Waals surface area contributed by atoms with Crippen molar-refractivity contribution < 1.29 is 19.0 Å². The van der Waals surface area contributed by atoms with Gasteiger partial charge in [0.05, 0.1) is 13.2 Å². The van der Waals surface area contributed by atoms with E-state index in [1.807, 2.05) is 30.3 Å². The largest absolute Gasteiger partial charge is 0.462 e. The number of rotatable bonds is 10. The van der Waals surface area contributed by atoms with Crippen LogP contribution >= 0.6 is 0 Å². The molecule has 0 N–H and O–H groups in total. The molecule has 6 heteroatoms. The number of hydrogen-bond donors (Lipinski definition) is 0. The van der Waals surface area contributed by atoms with Gasteiger partial charge in [-0.05, 0) is 25.7 Å². The van der Waals surface area contributed by atoms with E-state index in [0.29, 0.717) is 37.5 Å². The number of carbonyl (C=O) groups excluding carboxylic acids is 1. The average Bonchev–Trinajstić information content (AvgIpc) is 3.50. The predicted octanol–water partition coefficient (Wildman–Crippen LogP) is 2.28. The minimum absolute atomic E-state index is 0.0213. The standard InChI is InChI=1S/C23H34N2O4/c1-4-25(5-2)11-12-27-15-18(16-9-7-6-8-10-16)23(26)28-17-13-19-21-22(29-21)20(14-17)24(19)3/h6-10,17-22H,4-5,11-15H2,1-3H3/t17?,18-,19-,20+,21-,22+/m1/s1. The van der Waals surface area contributed by atoms with Crippen molar-refractivity contribution in [2.24, 2.45) is 0 Å². The van der Waals surface area contributed by atoms with Crippen molar-refractivity contribution in [1.82, 2.24) is 9.80 Å². The van der Waals surface area contributed by atoms with Crippen molar-refractivity contribution in [3.05, 3.63) is 35.9 Å². The zero-order valence-electron chi connectivity index (χ0n) is 17.8. The number of epoxide rings is 1. The maximum atomic E-state index is 13.1. The number of benzene rings is 1. The zero-order chi connectivity index (χ0) is 20.4. The van der Waals surface area contributed by atoms with E-state index >= 15 is 0 Å². The number of likely N-dealkylation sites (N-methyl/N-ethyl adjacent to an activating group) is 2. The number of fused-ring (bicyclic) bond motifs is 5. The van der Waals surface area contributed by atoms with Gasteiger partial charge in [-0.3, -0.25) is 9.69 Å². The van der Waals surface area contributed by atoms with Gasteiger partial charge in [0.2, 0.25) is 0 Å². The number of morpholine rings is 1. The van der Waals surface area contributed by atoms with Crippen LogP contribution in [0.25, 0.3) is 0 Å². The fourth-order valence-corrected chi connectivity index (χ4v) is 4.96. The zero-order valence-corrected chi connectivity index (χ0v) is 17.8. The highest BCUT2D eigenvalue weighted by molar-refractivity contribution is 5.78. The van der Waals surface area contributed by atoms with Crippen molar-refractivity contribution in [2.45, 2.75) is 63.0 Å². The first-order valence-corrected chi connectivity index (χ1v) is 11.0. The molecule has 0 aliphatic carbocycles. The second-order valence-corrected chi connectivity index (χ2v) is 8.46. The van der Waals surface area contributed by atoms with Crippen LogP contribution in [0.15, 0.2) is 30.3 Å². The molecule has 1 unspecified atom stereocenters. The molecule has 2 bridgehead atoms. The summed E-state index contributed by atoms with van der Waals surface area (Å²) in [7, 11) is 2.17. The normalized spacial score (nSPS) is 31.5. The molecule has 3 saturated heterocycles. The van der Waals surface area contributed by atoms with E-state index in [0.717, 1.165) is 38.0 Å². The van der Waals surface area contributed by atoms with Gasteiger partial charge >= 0.3 is 5.97 Å². The Hall–Kier alpha value is -1.47. The summed E-state index contributed by atoms with van der Waals surface area (Å²) >= 11 is 0. The van der Waals surface area contributed by atoms with E-state index in [9.17, 15) is 4.79 Å². The van der Waals surface area contributed by atoms with Crippen LogP contribution in [0.4, 0.5) is 0 Å². The highest BCUT2D eigenvalue weighted by Gasteiger charge is 2.62. The van der Waals surface area contributed by atoms with Crippen molar-refractivity contribution >= 4 is 5.97 Å². The molecule has 0 aromatic heterocycles. The van der Waals surface area contributed by atoms with Crippen LogP contribution in [0, 0.1) is 0 Å². The molecule has 3 heterocycles. The van der Waals surface area contributed by atoms with Crippen LogP contribution in [0.2, 0.25) is 0 Å². The van der Waals surface area contributed by atoms with Crippen molar-refractivity contribution in [3.63, 3.8) is 0 Å². The minimum atomic E-state index is -0.379. The van der Waals surface area contributed by atoms with Gasteiger partial charge in [-0.2, -0.15) is 0 Å². The Morgan fingerprint density at radius 2 is 1.83 bits per heavy atom. The van der Waals surface area contributed by atoms with E-state index in [1.54, 1.807) is 0 Å². The van der Waals surface area contributed by atoms with Gasteiger partial charge in [-0.25, -0.2) is 0 Å². The van der Waals surface area contributed by atoms with E-state index in [2.05, 4.69) is 30.7 Å². The Morgan fingerprint density at radius 1 is 1.17 bits per heavy atom. The van der Waals surface area contributed by atoms with Crippen molar-refractivity contribution in [2.75, 3.05) is 39.9 Å². The molecule has 6 atom stereocenters. The van der Waals surface area contributed by atoms with Gasteiger partial charge in [0, 0.05) is 31.5 Å². The molecule has 29 heavy (non-hydrogen) atoms. The monoisotopic (exact) mass is 402 g/mol. The first-order valence-electron chi connectivity index (χ1n) is 11.0. The van der Waals surface area contributed by atoms with E-state index in [4.69, 9.17) is 14.2 Å². The Kier molecular flexibility index (Phi) is 6.54. The summed E-state index contributed by atoms with van der Waals surface area (Å²) in [5.41, 5.74) is 0.961. The first kappa shape index (κ1) is 20.8. The molecule has 3 aliphatic heterocycles. The van der Waals surface area contributed by atoms with Crippen LogP contribution in [-0.4, -0.2) is 86.1 Å². The average molecular weight is 403 g/mol. The third-order valence-electron chi connectivity index (χ3n) is 6.88. The Balaban J connectivity index is 1.34. The third-order valence-corrected chi connectivity index (χ3v) is 6.88. The lowest BCUT2D eigenvalue weighted by atomic mass is 9.97. The topological polar surface area (TPSA) is 54.5 Å². The van der Waals surface area contributed by atoms with Crippen molar-refractivity contribution in [3.8, 4) is 0 Å². The van der Waals surface area contributed by atoms with Crippen LogP contribution in [0.3, 0.4) is 0 Å². The van der Waals surface area contributed by atoms with Crippen molar-refractivity contribution in [1.29, 1.82) is 0 Å². The van der Waals surface area contributed by atoms with E-state index < -0.39 is 0 Å². The van der Waals surface area contributed by atoms with E-state index in [1.165, 1.54) is 0 Å². The predicted molar refractivity (Wildman–Crippen MR) is 111 cm³/mol. The molecule has 0 spiro atoms. The summed E-state index contributed by atoms with van der Waals surface area (Å²) in [5.74, 6) is -0.543. The highest BCUT2D eigenvalue weighted by Crippen LogP contribution is 2.48. The molecule has 0 saturated carbocycles. The summed E-state index contributed by atoms with van der Waals surface area (Å²) in [6, 6.07) is 10.6. The Bertz CT molecular complexity index is 663. The third kappa shape index (κ3) is 4.50. The molecular formula is C23H34N2O4. The summed E-state index contributed by atoms with van der Waals surface area (Å²) in [6.45, 7) is 8.18. The van der Waals surface area contributed by atoms with Gasteiger partial charge < -0.3 is 19.1 Å². The minimum Gasteiger partial charge on any atom is -0.462 e. The molecule has 3 fully saturated rings. The molecule has 0 radical (unpaired) electrons. The quantitative estimate of drug-likeness (QED) is 0.340. The van der Waals surface area contributed by atoms with Gasteiger partial charge in [0.15, 0.2) is 0 Å². The van der Waals surface area contributed by atoms with Gasteiger partial charge in [-0.15, -0.1) is 0 Å². The molecular weight excluding hydrogens is 368 g/mol. The molecule has 160 valence electrons. The number of hydrogen-bond acceptors (Lipinski definition) is 6. The number of esters is 1. The fraction of sp³-hybridized carbons (Fsp3) is 0.696. The van der Waals surface area contributed by atoms with Crippen LogP contribution in [0.1, 0.15) is 38.2 Å². The summed E-state index contributed by atoms with van der Waals surface area (Å²) in [5, 5.41) is 0. The lowest BCUT2D eigenvalue weighted by molar-refractivity contribution is -0.157. The molecule has 3 aliphatic rings. The van der Waals surface area contributed by atoms with Gasteiger partial charge in [0.25, 0.3) is 0 Å². The first-order chi connectivity index (χ1) is 14.1. The molecule has 1 aromatic carbocycles. The number of piperidine rings is 1. The lowest BCUT2D eigenvalue weighted by Crippen LogP contribution is -2.48. The van der Waals surface area contributed by atoms with Crippen LogP contribution in [-0.2, 0) is 19.0 Å². The second kappa shape index (κ2) is 9.13. The molecule has 1 aromatic rings. The molecule has 4 rings (SSSR count).